The van der Waals surface area contributed by atoms with Gasteiger partial charge in [-0.1, -0.05) is 23.7 Å². The highest BCUT2D eigenvalue weighted by molar-refractivity contribution is 5.95. The third kappa shape index (κ3) is 3.13. The lowest BCUT2D eigenvalue weighted by Crippen LogP contribution is -2.28. The molecule has 94 valence electrons. The standard InChI is InChI=1S/C15H19N2O/c1-12-6-7-14(10-15(12)18)13(2)11-16-17-8-4-3-5-9-17/h3-6,8-9,11,13-14H,7,10H2,1-2H3/q+1/t13-,14?/m0/s1. The van der Waals surface area contributed by atoms with Gasteiger partial charge < -0.3 is 0 Å². The van der Waals surface area contributed by atoms with Gasteiger partial charge in [0.15, 0.2) is 5.78 Å². The second-order valence-corrected chi connectivity index (χ2v) is 4.89. The number of carbonyl (C=O) groups is 1. The molecule has 0 fully saturated rings. The van der Waals surface area contributed by atoms with Crippen molar-refractivity contribution in [2.45, 2.75) is 26.7 Å². The third-order valence-corrected chi connectivity index (χ3v) is 3.49. The predicted molar refractivity (Wildman–Crippen MR) is 71.2 cm³/mol. The largest absolute Gasteiger partial charge is 0.295 e. The molecular weight excluding hydrogens is 224 g/mol. The lowest BCUT2D eigenvalue weighted by molar-refractivity contribution is -0.678. The Morgan fingerprint density at radius 2 is 2.11 bits per heavy atom. The first-order chi connectivity index (χ1) is 8.66. The highest BCUT2D eigenvalue weighted by Crippen LogP contribution is 2.26. The summed E-state index contributed by atoms with van der Waals surface area (Å²) in [5.41, 5.74) is 0.910. The molecule has 3 heteroatoms. The summed E-state index contributed by atoms with van der Waals surface area (Å²) in [5, 5.41) is 4.39. The molecule has 0 saturated carbocycles. The van der Waals surface area contributed by atoms with Crippen molar-refractivity contribution < 1.29 is 9.47 Å². The van der Waals surface area contributed by atoms with E-state index in [9.17, 15) is 4.79 Å². The van der Waals surface area contributed by atoms with Crippen LogP contribution in [0.5, 0.6) is 0 Å². The average molecular weight is 243 g/mol. The first kappa shape index (κ1) is 12.7. The summed E-state index contributed by atoms with van der Waals surface area (Å²) >= 11 is 0. The summed E-state index contributed by atoms with van der Waals surface area (Å²) in [4.78, 5) is 11.7. The molecule has 0 spiro atoms. The molecule has 1 aromatic rings. The number of aromatic nitrogens is 1. The van der Waals surface area contributed by atoms with Crippen LogP contribution in [-0.4, -0.2) is 12.0 Å². The fraction of sp³-hybridized carbons (Fsp3) is 0.400. The van der Waals surface area contributed by atoms with E-state index in [4.69, 9.17) is 0 Å². The van der Waals surface area contributed by atoms with E-state index in [0.29, 0.717) is 18.3 Å². The predicted octanol–water partition coefficient (Wildman–Crippen LogP) is 2.37. The molecule has 2 rings (SSSR count). The van der Waals surface area contributed by atoms with Crippen LogP contribution in [0.15, 0.2) is 47.3 Å². The molecule has 0 saturated heterocycles. The number of hydrogen-bond acceptors (Lipinski definition) is 2. The molecule has 3 nitrogen and oxygen atoms in total. The zero-order chi connectivity index (χ0) is 13.0. The minimum absolute atomic E-state index is 0.277. The molecule has 1 aromatic heterocycles. The van der Waals surface area contributed by atoms with E-state index in [1.54, 1.807) is 4.68 Å². The maximum absolute atomic E-state index is 11.7. The number of pyridine rings is 1. The zero-order valence-corrected chi connectivity index (χ0v) is 10.9. The summed E-state index contributed by atoms with van der Waals surface area (Å²) in [6.07, 6.45) is 9.42. The van der Waals surface area contributed by atoms with Gasteiger partial charge in [0.2, 0.25) is 12.4 Å². The van der Waals surface area contributed by atoms with Crippen LogP contribution in [0.2, 0.25) is 0 Å². The van der Waals surface area contributed by atoms with E-state index >= 15 is 0 Å². The van der Waals surface area contributed by atoms with E-state index in [1.165, 1.54) is 0 Å². The summed E-state index contributed by atoms with van der Waals surface area (Å²) in [6.45, 7) is 4.02. The van der Waals surface area contributed by atoms with E-state index < -0.39 is 0 Å². The van der Waals surface area contributed by atoms with Crippen LogP contribution < -0.4 is 4.68 Å². The Kier molecular flexibility index (Phi) is 4.03. The molecular formula is C15H19N2O+. The van der Waals surface area contributed by atoms with Crippen LogP contribution in [0.3, 0.4) is 0 Å². The highest BCUT2D eigenvalue weighted by atomic mass is 16.1. The molecule has 1 unspecified atom stereocenters. The van der Waals surface area contributed by atoms with Crippen LogP contribution in [0.4, 0.5) is 0 Å². The molecule has 0 bridgehead atoms. The van der Waals surface area contributed by atoms with Crippen molar-refractivity contribution in [1.29, 1.82) is 0 Å². The van der Waals surface area contributed by atoms with Gasteiger partial charge in [0.05, 0.1) is 6.21 Å². The van der Waals surface area contributed by atoms with Gasteiger partial charge in [0.25, 0.3) is 0 Å². The van der Waals surface area contributed by atoms with Crippen molar-refractivity contribution in [1.82, 2.24) is 0 Å². The molecule has 1 heterocycles. The van der Waals surface area contributed by atoms with Gasteiger partial charge in [-0.3, -0.25) is 4.79 Å². The van der Waals surface area contributed by atoms with Crippen molar-refractivity contribution in [3.05, 3.63) is 42.2 Å². The number of ketones is 1. The molecule has 0 amide bonds. The Morgan fingerprint density at radius 1 is 1.39 bits per heavy atom. The monoisotopic (exact) mass is 243 g/mol. The van der Waals surface area contributed by atoms with E-state index in [-0.39, 0.29) is 5.78 Å². The van der Waals surface area contributed by atoms with Crippen molar-refractivity contribution in [2.75, 3.05) is 0 Å². The van der Waals surface area contributed by atoms with Crippen molar-refractivity contribution in [3.8, 4) is 0 Å². The molecule has 18 heavy (non-hydrogen) atoms. The normalized spacial score (nSPS) is 22.0. The Morgan fingerprint density at radius 3 is 2.78 bits per heavy atom. The molecule has 1 aliphatic rings. The number of rotatable bonds is 3. The molecule has 0 aliphatic heterocycles. The number of nitrogens with zero attached hydrogens (tertiary/aromatic N) is 2. The maximum Gasteiger partial charge on any atom is 0.202 e. The topological polar surface area (TPSA) is 33.3 Å². The van der Waals surface area contributed by atoms with Crippen LogP contribution in [0.1, 0.15) is 26.7 Å². The Labute approximate surface area is 108 Å². The van der Waals surface area contributed by atoms with Gasteiger partial charge in [-0.25, -0.2) is 0 Å². The van der Waals surface area contributed by atoms with Crippen LogP contribution in [0.25, 0.3) is 0 Å². The number of hydrogen-bond donors (Lipinski definition) is 0. The SMILES string of the molecule is CC1=CCC([C@@H](C)C=N[n+]2ccccc2)CC1=O. The van der Waals surface area contributed by atoms with E-state index in [2.05, 4.69) is 18.1 Å². The van der Waals surface area contributed by atoms with Gasteiger partial charge in [0, 0.05) is 24.5 Å². The molecule has 0 aromatic carbocycles. The fourth-order valence-corrected chi connectivity index (χ4v) is 2.10. The average Bonchev–Trinajstić information content (AvgIpc) is 2.40. The first-order valence-corrected chi connectivity index (χ1v) is 6.37. The second kappa shape index (κ2) is 5.71. The van der Waals surface area contributed by atoms with E-state index in [1.807, 2.05) is 43.7 Å². The van der Waals surface area contributed by atoms with Gasteiger partial charge in [-0.05, 0) is 29.9 Å². The molecule has 2 atom stereocenters. The first-order valence-electron chi connectivity index (χ1n) is 6.37. The Bertz CT molecular complexity index is 477. The van der Waals surface area contributed by atoms with Crippen molar-refractivity contribution in [3.63, 3.8) is 0 Å². The van der Waals surface area contributed by atoms with Crippen LogP contribution in [-0.2, 0) is 4.79 Å². The Balaban J connectivity index is 1.99. The molecule has 1 aliphatic carbocycles. The van der Waals surface area contributed by atoms with Crippen LogP contribution >= 0.6 is 0 Å². The minimum atomic E-state index is 0.277. The number of carbonyl (C=O) groups excluding carboxylic acids is 1. The van der Waals surface area contributed by atoms with E-state index in [0.717, 1.165) is 12.0 Å². The summed E-state index contributed by atoms with van der Waals surface area (Å²) in [6, 6.07) is 5.85. The smallest absolute Gasteiger partial charge is 0.202 e. The quantitative estimate of drug-likeness (QED) is 0.592. The van der Waals surface area contributed by atoms with Crippen molar-refractivity contribution in [2.24, 2.45) is 16.9 Å². The number of allylic oxidation sites excluding steroid dienone is 2. The highest BCUT2D eigenvalue weighted by Gasteiger charge is 2.23. The molecule has 0 N–H and O–H groups in total. The summed E-state index contributed by atoms with van der Waals surface area (Å²) in [5.74, 6) is 0.971. The maximum atomic E-state index is 11.7. The third-order valence-electron chi connectivity index (χ3n) is 3.49. The minimum Gasteiger partial charge on any atom is -0.295 e. The lowest BCUT2D eigenvalue weighted by atomic mass is 9.82. The van der Waals surface area contributed by atoms with Crippen molar-refractivity contribution >= 4 is 12.0 Å². The Hall–Kier alpha value is -1.77. The second-order valence-electron chi connectivity index (χ2n) is 4.89. The zero-order valence-electron chi connectivity index (χ0n) is 10.9. The lowest BCUT2D eigenvalue weighted by Gasteiger charge is -2.22. The molecule has 0 radical (unpaired) electrons. The van der Waals surface area contributed by atoms with Gasteiger partial charge in [-0.15, -0.1) is 0 Å². The fourth-order valence-electron chi connectivity index (χ4n) is 2.10. The van der Waals surface area contributed by atoms with Gasteiger partial charge in [-0.2, -0.15) is 0 Å². The summed E-state index contributed by atoms with van der Waals surface area (Å²) in [7, 11) is 0. The van der Waals surface area contributed by atoms with Crippen LogP contribution in [0, 0.1) is 11.8 Å². The number of Topliss-reactive ketones (excluding diaryl/α,β-unsaturated/α-hetero) is 1. The summed E-state index contributed by atoms with van der Waals surface area (Å²) < 4.78 is 1.78. The van der Waals surface area contributed by atoms with Gasteiger partial charge >= 0.3 is 0 Å². The van der Waals surface area contributed by atoms with Gasteiger partial charge in [0.1, 0.15) is 0 Å².